The molecule has 2 N–H and O–H groups in total. The molecule has 1 saturated heterocycles. The number of carbonyl (C=O) groups is 2. The minimum atomic E-state index is -0.149. The van der Waals surface area contributed by atoms with Crippen molar-refractivity contribution in [3.05, 3.63) is 59.7 Å². The number of nitrogens with zero attached hydrogens (tertiary/aromatic N) is 1. The first kappa shape index (κ1) is 19.9. The van der Waals surface area contributed by atoms with Gasteiger partial charge in [-0.15, -0.1) is 0 Å². The van der Waals surface area contributed by atoms with Gasteiger partial charge in [0.05, 0.1) is 11.6 Å². The molecule has 1 unspecified atom stereocenters. The van der Waals surface area contributed by atoms with Crippen LogP contribution in [-0.4, -0.2) is 24.9 Å². The summed E-state index contributed by atoms with van der Waals surface area (Å²) in [4.78, 5) is 26.9. The molecule has 0 aliphatic carbocycles. The number of nitrogens with one attached hydrogen (secondary N) is 2. The van der Waals surface area contributed by atoms with E-state index in [1.54, 1.807) is 6.07 Å². The molecule has 28 heavy (non-hydrogen) atoms. The second-order valence-corrected chi connectivity index (χ2v) is 7.69. The van der Waals surface area contributed by atoms with E-state index in [-0.39, 0.29) is 17.9 Å². The van der Waals surface area contributed by atoms with E-state index in [2.05, 4.69) is 22.5 Å². The van der Waals surface area contributed by atoms with Gasteiger partial charge in [0.25, 0.3) is 5.91 Å². The van der Waals surface area contributed by atoms with Crippen LogP contribution in [0.15, 0.2) is 48.5 Å². The number of piperidine rings is 1. The van der Waals surface area contributed by atoms with Gasteiger partial charge in [0.2, 0.25) is 5.91 Å². The third-order valence-electron chi connectivity index (χ3n) is 5.33. The summed E-state index contributed by atoms with van der Waals surface area (Å²) in [5.74, 6) is 0.436. The lowest BCUT2D eigenvalue weighted by molar-refractivity contribution is -0.114. The molecule has 1 heterocycles. The molecule has 5 nitrogen and oxygen atoms in total. The fourth-order valence-electron chi connectivity index (χ4n) is 3.62. The summed E-state index contributed by atoms with van der Waals surface area (Å²) >= 11 is 0. The van der Waals surface area contributed by atoms with Gasteiger partial charge in [-0.25, -0.2) is 0 Å². The van der Waals surface area contributed by atoms with Crippen LogP contribution in [0, 0.1) is 5.92 Å². The van der Waals surface area contributed by atoms with Crippen LogP contribution in [-0.2, 0) is 4.79 Å². The van der Waals surface area contributed by atoms with Crippen molar-refractivity contribution in [2.75, 3.05) is 23.3 Å². The number of amides is 2. The van der Waals surface area contributed by atoms with Crippen LogP contribution in [0.25, 0.3) is 0 Å². The van der Waals surface area contributed by atoms with Crippen LogP contribution >= 0.6 is 0 Å². The SMILES string of the molecule is CC(=O)Nc1ccc(N2CCC(C)CC2)c(C(=O)NC(C)c2ccccc2)c1. The standard InChI is InChI=1S/C23H29N3O2/c1-16-11-13-26(14-12-16)22-10-9-20(25-18(3)27)15-21(22)23(28)24-17(2)19-7-5-4-6-8-19/h4-10,15-17H,11-14H2,1-3H3,(H,24,28)(H,25,27). The quantitative estimate of drug-likeness (QED) is 0.811. The van der Waals surface area contributed by atoms with E-state index in [0.717, 1.165) is 37.2 Å². The first-order valence-corrected chi connectivity index (χ1v) is 9.96. The maximum absolute atomic E-state index is 13.1. The molecule has 2 amide bonds. The summed E-state index contributed by atoms with van der Waals surface area (Å²) < 4.78 is 0. The Labute approximate surface area is 167 Å². The van der Waals surface area contributed by atoms with E-state index in [1.807, 2.05) is 49.4 Å². The van der Waals surface area contributed by atoms with Gasteiger partial charge in [-0.3, -0.25) is 9.59 Å². The maximum Gasteiger partial charge on any atom is 0.253 e. The molecule has 5 heteroatoms. The van der Waals surface area contributed by atoms with Gasteiger partial charge in [0.1, 0.15) is 0 Å². The van der Waals surface area contributed by atoms with Crippen molar-refractivity contribution in [2.24, 2.45) is 5.92 Å². The van der Waals surface area contributed by atoms with E-state index >= 15 is 0 Å². The predicted molar refractivity (Wildman–Crippen MR) is 114 cm³/mol. The zero-order valence-corrected chi connectivity index (χ0v) is 16.9. The van der Waals surface area contributed by atoms with E-state index in [9.17, 15) is 9.59 Å². The summed E-state index contributed by atoms with van der Waals surface area (Å²) in [5.41, 5.74) is 3.23. The molecule has 1 aliphatic heterocycles. The second kappa shape index (κ2) is 8.91. The molecule has 2 aromatic carbocycles. The Kier molecular flexibility index (Phi) is 6.34. The van der Waals surface area contributed by atoms with Crippen molar-refractivity contribution < 1.29 is 9.59 Å². The van der Waals surface area contributed by atoms with Crippen molar-refractivity contribution in [1.82, 2.24) is 5.32 Å². The minimum absolute atomic E-state index is 0.104. The predicted octanol–water partition coefficient (Wildman–Crippen LogP) is 4.37. The highest BCUT2D eigenvalue weighted by molar-refractivity contribution is 6.02. The maximum atomic E-state index is 13.1. The largest absolute Gasteiger partial charge is 0.371 e. The molecule has 0 spiro atoms. The first-order valence-electron chi connectivity index (χ1n) is 9.96. The second-order valence-electron chi connectivity index (χ2n) is 7.69. The smallest absolute Gasteiger partial charge is 0.253 e. The summed E-state index contributed by atoms with van der Waals surface area (Å²) in [6, 6.07) is 15.4. The number of hydrogen-bond acceptors (Lipinski definition) is 3. The van der Waals surface area contributed by atoms with Crippen LogP contribution in [0.3, 0.4) is 0 Å². The van der Waals surface area contributed by atoms with E-state index in [1.165, 1.54) is 6.92 Å². The number of rotatable bonds is 5. The normalized spacial score (nSPS) is 15.8. The Morgan fingerprint density at radius 2 is 1.75 bits per heavy atom. The molecule has 0 bridgehead atoms. The molecule has 2 aromatic rings. The number of anilines is 2. The molecule has 1 aliphatic rings. The minimum Gasteiger partial charge on any atom is -0.371 e. The molecule has 0 radical (unpaired) electrons. The Balaban J connectivity index is 1.86. The monoisotopic (exact) mass is 379 g/mol. The molecular weight excluding hydrogens is 350 g/mol. The zero-order valence-electron chi connectivity index (χ0n) is 16.9. The molecule has 3 rings (SSSR count). The van der Waals surface area contributed by atoms with Crippen LogP contribution in [0.1, 0.15) is 55.6 Å². The van der Waals surface area contributed by atoms with Crippen LogP contribution in [0.5, 0.6) is 0 Å². The Morgan fingerprint density at radius 1 is 1.07 bits per heavy atom. The average molecular weight is 380 g/mol. The number of hydrogen-bond donors (Lipinski definition) is 2. The van der Waals surface area contributed by atoms with E-state index < -0.39 is 0 Å². The van der Waals surface area contributed by atoms with Crippen molar-refractivity contribution in [3.63, 3.8) is 0 Å². The van der Waals surface area contributed by atoms with Crippen molar-refractivity contribution in [3.8, 4) is 0 Å². The molecule has 1 fully saturated rings. The Bertz CT molecular complexity index is 827. The highest BCUT2D eigenvalue weighted by Gasteiger charge is 2.22. The third-order valence-corrected chi connectivity index (χ3v) is 5.33. The molecule has 0 aromatic heterocycles. The van der Waals surface area contributed by atoms with Crippen molar-refractivity contribution >= 4 is 23.2 Å². The fraction of sp³-hybridized carbons (Fsp3) is 0.391. The third kappa shape index (κ3) is 4.91. The van der Waals surface area contributed by atoms with Gasteiger partial charge in [-0.05, 0) is 49.4 Å². The van der Waals surface area contributed by atoms with Gasteiger partial charge < -0.3 is 15.5 Å². The van der Waals surface area contributed by atoms with Crippen molar-refractivity contribution in [1.29, 1.82) is 0 Å². The highest BCUT2D eigenvalue weighted by Crippen LogP contribution is 2.29. The molecule has 1 atom stereocenters. The van der Waals surface area contributed by atoms with Gasteiger partial charge in [-0.2, -0.15) is 0 Å². The highest BCUT2D eigenvalue weighted by atomic mass is 16.2. The summed E-state index contributed by atoms with van der Waals surface area (Å²) in [5, 5.41) is 5.89. The van der Waals surface area contributed by atoms with Crippen molar-refractivity contribution in [2.45, 2.75) is 39.7 Å². The zero-order chi connectivity index (χ0) is 20.1. The number of carbonyl (C=O) groups excluding carboxylic acids is 2. The Morgan fingerprint density at radius 3 is 2.39 bits per heavy atom. The van der Waals surface area contributed by atoms with Gasteiger partial charge >= 0.3 is 0 Å². The molecular formula is C23H29N3O2. The summed E-state index contributed by atoms with van der Waals surface area (Å²) in [7, 11) is 0. The lowest BCUT2D eigenvalue weighted by Crippen LogP contribution is -2.35. The van der Waals surface area contributed by atoms with Gasteiger partial charge in [0.15, 0.2) is 0 Å². The van der Waals surface area contributed by atoms with Crippen LogP contribution < -0.4 is 15.5 Å². The van der Waals surface area contributed by atoms with Gasteiger partial charge in [0, 0.05) is 31.4 Å². The van der Waals surface area contributed by atoms with Crippen LogP contribution in [0.2, 0.25) is 0 Å². The topological polar surface area (TPSA) is 61.4 Å². The Hall–Kier alpha value is -2.82. The first-order chi connectivity index (χ1) is 13.4. The van der Waals surface area contributed by atoms with Gasteiger partial charge in [-0.1, -0.05) is 37.3 Å². The van der Waals surface area contributed by atoms with Crippen LogP contribution in [0.4, 0.5) is 11.4 Å². The summed E-state index contributed by atoms with van der Waals surface area (Å²) in [6.07, 6.45) is 2.24. The van der Waals surface area contributed by atoms with E-state index in [4.69, 9.17) is 0 Å². The van der Waals surface area contributed by atoms with E-state index in [0.29, 0.717) is 17.2 Å². The molecule has 148 valence electrons. The average Bonchev–Trinajstić information content (AvgIpc) is 2.69. The lowest BCUT2D eigenvalue weighted by atomic mass is 9.97. The summed E-state index contributed by atoms with van der Waals surface area (Å²) in [6.45, 7) is 7.60. The molecule has 0 saturated carbocycles. The fourth-order valence-corrected chi connectivity index (χ4v) is 3.62. The lowest BCUT2D eigenvalue weighted by Gasteiger charge is -2.33. The number of benzene rings is 2.